The molecular weight excluding hydrogens is 440 g/mol. The summed E-state index contributed by atoms with van der Waals surface area (Å²) >= 11 is 6.34. The third-order valence-electron chi connectivity index (χ3n) is 4.65. The normalized spacial score (nSPS) is 12.2. The molecule has 0 bridgehead atoms. The maximum atomic E-state index is 11.8. The molecule has 0 amide bonds. The van der Waals surface area contributed by atoms with Gasteiger partial charge >= 0.3 is 0 Å². The molecular formula is C19H21ClN8O2S. The summed E-state index contributed by atoms with van der Waals surface area (Å²) < 4.78 is 26.3. The first-order chi connectivity index (χ1) is 14.6. The number of aromatic nitrogens is 6. The average Bonchev–Trinajstić information content (AvgIpc) is 3.31. The molecule has 0 atom stereocenters. The Morgan fingerprint density at radius 1 is 1.23 bits per heavy atom. The molecule has 0 aliphatic heterocycles. The first-order valence-corrected chi connectivity index (χ1v) is 11.6. The number of nitrogens with zero attached hydrogens (tertiary/aromatic N) is 7. The molecule has 4 rings (SSSR count). The van der Waals surface area contributed by atoms with Crippen LogP contribution < -0.4 is 5.73 Å². The van der Waals surface area contributed by atoms with E-state index in [1.807, 2.05) is 24.8 Å². The fourth-order valence-electron chi connectivity index (χ4n) is 3.14. The second kappa shape index (κ2) is 7.91. The molecule has 0 fully saturated rings. The van der Waals surface area contributed by atoms with Gasteiger partial charge in [0.15, 0.2) is 5.82 Å². The lowest BCUT2D eigenvalue weighted by Gasteiger charge is -2.12. The van der Waals surface area contributed by atoms with Crippen molar-refractivity contribution in [1.82, 2.24) is 33.8 Å². The minimum Gasteiger partial charge on any atom is -0.399 e. The number of halogens is 1. The largest absolute Gasteiger partial charge is 0.399 e. The van der Waals surface area contributed by atoms with Gasteiger partial charge in [-0.2, -0.15) is 14.3 Å². The second-order valence-electron chi connectivity index (χ2n) is 7.41. The smallest absolute Gasteiger partial charge is 0.250 e. The molecule has 0 saturated heterocycles. The number of fused-ring (bicyclic) bond motifs is 1. The van der Waals surface area contributed by atoms with Crippen LogP contribution in [0.1, 0.15) is 0 Å². The van der Waals surface area contributed by atoms with Crippen molar-refractivity contribution in [2.45, 2.75) is 6.54 Å². The summed E-state index contributed by atoms with van der Waals surface area (Å²) in [6.07, 6.45) is 5.33. The second-order valence-corrected chi connectivity index (χ2v) is 9.65. The minimum atomic E-state index is -3.52. The Balaban J connectivity index is 1.87. The predicted molar refractivity (Wildman–Crippen MR) is 120 cm³/mol. The number of hydrogen-bond acceptors (Lipinski definition) is 8. The Hall–Kier alpha value is -3.02. The van der Waals surface area contributed by atoms with Crippen LogP contribution in [0.4, 0.5) is 5.69 Å². The molecule has 0 radical (unpaired) electrons. The van der Waals surface area contributed by atoms with E-state index < -0.39 is 10.0 Å². The van der Waals surface area contributed by atoms with Crippen molar-refractivity contribution in [2.75, 3.05) is 32.6 Å². The zero-order valence-electron chi connectivity index (χ0n) is 17.2. The molecule has 0 aliphatic carbocycles. The summed E-state index contributed by atoms with van der Waals surface area (Å²) in [5, 5.41) is 9.72. The van der Waals surface area contributed by atoms with Crippen LogP contribution in [-0.4, -0.2) is 69.1 Å². The monoisotopic (exact) mass is 460 g/mol. The van der Waals surface area contributed by atoms with Crippen LogP contribution in [0.3, 0.4) is 0 Å². The summed E-state index contributed by atoms with van der Waals surface area (Å²) in [6, 6.07) is 5.49. The van der Waals surface area contributed by atoms with Crippen LogP contribution in [0.2, 0.25) is 5.02 Å². The van der Waals surface area contributed by atoms with Crippen LogP contribution in [0.5, 0.6) is 0 Å². The zero-order valence-corrected chi connectivity index (χ0v) is 18.8. The number of nitrogen functional groups attached to an aromatic ring is 1. The summed E-state index contributed by atoms with van der Waals surface area (Å²) in [5.41, 5.74) is 8.86. The predicted octanol–water partition coefficient (Wildman–Crippen LogP) is 1.96. The molecule has 0 unspecified atom stereocenters. The lowest BCUT2D eigenvalue weighted by Crippen LogP contribution is -2.19. The van der Waals surface area contributed by atoms with Crippen molar-refractivity contribution in [3.8, 4) is 22.8 Å². The zero-order chi connectivity index (χ0) is 22.3. The molecule has 3 heterocycles. The Kier molecular flexibility index (Phi) is 5.42. The van der Waals surface area contributed by atoms with E-state index in [-0.39, 0.29) is 5.02 Å². The molecule has 0 saturated carbocycles. The maximum absolute atomic E-state index is 11.8. The van der Waals surface area contributed by atoms with Gasteiger partial charge in [0, 0.05) is 23.2 Å². The fraction of sp³-hybridized carbons (Fsp3) is 0.263. The van der Waals surface area contributed by atoms with E-state index in [1.54, 1.807) is 12.1 Å². The highest BCUT2D eigenvalue weighted by Crippen LogP contribution is 2.32. The fourth-order valence-corrected chi connectivity index (χ4v) is 3.86. The van der Waals surface area contributed by atoms with Gasteiger partial charge in [-0.1, -0.05) is 11.6 Å². The maximum Gasteiger partial charge on any atom is 0.250 e. The van der Waals surface area contributed by atoms with Crippen molar-refractivity contribution < 1.29 is 8.42 Å². The van der Waals surface area contributed by atoms with Gasteiger partial charge in [-0.25, -0.2) is 18.4 Å². The highest BCUT2D eigenvalue weighted by Gasteiger charge is 2.19. The third kappa shape index (κ3) is 4.24. The highest BCUT2D eigenvalue weighted by molar-refractivity contribution is 7.89. The number of nitrogens with two attached hydrogens (primary N) is 1. The number of anilines is 1. The Morgan fingerprint density at radius 3 is 2.68 bits per heavy atom. The van der Waals surface area contributed by atoms with Gasteiger partial charge < -0.3 is 10.6 Å². The summed E-state index contributed by atoms with van der Waals surface area (Å²) in [4.78, 5) is 11.1. The van der Waals surface area contributed by atoms with E-state index in [0.717, 1.165) is 33.5 Å². The minimum absolute atomic E-state index is 0.282. The Morgan fingerprint density at radius 2 is 2.00 bits per heavy atom. The summed E-state index contributed by atoms with van der Waals surface area (Å²) in [6.45, 7) is 1.38. The molecule has 162 valence electrons. The van der Waals surface area contributed by atoms with E-state index >= 15 is 0 Å². The molecule has 0 aliphatic rings. The summed E-state index contributed by atoms with van der Waals surface area (Å²) in [7, 11) is 0.444. The van der Waals surface area contributed by atoms with Crippen molar-refractivity contribution in [2.24, 2.45) is 0 Å². The molecule has 3 aromatic heterocycles. The van der Waals surface area contributed by atoms with Crippen LogP contribution >= 0.6 is 11.6 Å². The van der Waals surface area contributed by atoms with E-state index in [4.69, 9.17) is 17.3 Å². The van der Waals surface area contributed by atoms with Crippen LogP contribution in [0, 0.1) is 0 Å². The average molecular weight is 461 g/mol. The number of hydrogen-bond donors (Lipinski definition) is 1. The Bertz CT molecular complexity index is 1380. The molecule has 31 heavy (non-hydrogen) atoms. The first-order valence-electron chi connectivity index (χ1n) is 9.33. The van der Waals surface area contributed by atoms with Crippen molar-refractivity contribution in [3.05, 3.63) is 41.8 Å². The number of rotatable bonds is 6. The van der Waals surface area contributed by atoms with E-state index in [1.165, 1.54) is 18.6 Å². The standard InChI is InChI=1S/C19H21ClN8O2S/c1-26(2)6-7-27-18(14-5-4-13(21)8-16(14)25-27)19-22-10-15(20)17(24-19)12-9-23-28(11-12)31(3,29)30/h4-5,8-11H,6-7,21H2,1-3H3. The van der Waals surface area contributed by atoms with Crippen molar-refractivity contribution in [1.29, 1.82) is 0 Å². The van der Waals surface area contributed by atoms with Gasteiger partial charge in [-0.15, -0.1) is 0 Å². The Labute approximate surface area is 184 Å². The van der Waals surface area contributed by atoms with E-state index in [0.29, 0.717) is 29.3 Å². The van der Waals surface area contributed by atoms with Crippen molar-refractivity contribution in [3.63, 3.8) is 0 Å². The third-order valence-corrected chi connectivity index (χ3v) is 5.81. The number of benzene rings is 1. The van der Waals surface area contributed by atoms with Gasteiger partial charge in [-0.3, -0.25) is 4.68 Å². The van der Waals surface area contributed by atoms with Crippen LogP contribution in [-0.2, 0) is 16.6 Å². The number of likely N-dealkylation sites (N-methyl/N-ethyl adjacent to an activating group) is 1. The van der Waals surface area contributed by atoms with Gasteiger partial charge in [0.2, 0.25) is 0 Å². The first kappa shape index (κ1) is 21.2. The van der Waals surface area contributed by atoms with Crippen LogP contribution in [0.25, 0.3) is 33.7 Å². The lowest BCUT2D eigenvalue weighted by molar-refractivity contribution is 0.375. The summed E-state index contributed by atoms with van der Waals surface area (Å²) in [5.74, 6) is 0.414. The van der Waals surface area contributed by atoms with Crippen molar-refractivity contribution >= 4 is 38.2 Å². The van der Waals surface area contributed by atoms with Gasteiger partial charge in [-0.05, 0) is 32.3 Å². The molecule has 1 aromatic carbocycles. The molecule has 10 nitrogen and oxygen atoms in total. The quantitative estimate of drug-likeness (QED) is 0.433. The molecule has 2 N–H and O–H groups in total. The molecule has 12 heteroatoms. The van der Waals surface area contributed by atoms with Crippen LogP contribution in [0.15, 0.2) is 36.8 Å². The van der Waals surface area contributed by atoms with Gasteiger partial charge in [0.25, 0.3) is 10.0 Å². The topological polar surface area (TPSA) is 125 Å². The van der Waals surface area contributed by atoms with E-state index in [9.17, 15) is 8.42 Å². The highest BCUT2D eigenvalue weighted by atomic mass is 35.5. The molecule has 4 aromatic rings. The molecule has 0 spiro atoms. The van der Waals surface area contributed by atoms with Gasteiger partial charge in [0.05, 0.1) is 47.6 Å². The lowest BCUT2D eigenvalue weighted by atomic mass is 10.1. The SMILES string of the molecule is CN(C)CCn1nc2cc(N)ccc2c1-c1ncc(Cl)c(-c2cnn(S(C)(=O)=O)c2)n1. The van der Waals surface area contributed by atoms with E-state index in [2.05, 4.69) is 25.1 Å². The van der Waals surface area contributed by atoms with Gasteiger partial charge in [0.1, 0.15) is 5.69 Å².